The standard InChI is InChI=1S/C23H21N3O3S/c27-20-11-12-21(28)26(20)17-9-7-15(8-10-17)23(29)25-13-3-4-16(14-25)22-24-18-5-1-2-6-19(18)30-22/h1-2,5-10,16H,3-4,11-14H2/t16-/m0/s1. The average molecular weight is 420 g/mol. The van der Waals surface area contributed by atoms with Gasteiger partial charge in [-0.2, -0.15) is 0 Å². The van der Waals surface area contributed by atoms with Gasteiger partial charge < -0.3 is 4.90 Å². The Morgan fingerprint density at radius 1 is 1.00 bits per heavy atom. The summed E-state index contributed by atoms with van der Waals surface area (Å²) in [6.45, 7) is 1.38. The van der Waals surface area contributed by atoms with Gasteiger partial charge in [-0.25, -0.2) is 4.98 Å². The van der Waals surface area contributed by atoms with Crippen LogP contribution in [-0.2, 0) is 9.59 Å². The zero-order chi connectivity index (χ0) is 20.7. The first-order valence-electron chi connectivity index (χ1n) is 10.2. The van der Waals surface area contributed by atoms with Gasteiger partial charge in [-0.1, -0.05) is 12.1 Å². The van der Waals surface area contributed by atoms with Crippen LogP contribution in [0.4, 0.5) is 5.69 Å². The highest BCUT2D eigenvalue weighted by Gasteiger charge is 2.31. The average Bonchev–Trinajstić information content (AvgIpc) is 3.36. The summed E-state index contributed by atoms with van der Waals surface area (Å²) in [5, 5.41) is 1.09. The van der Waals surface area contributed by atoms with Crippen LogP contribution in [0.5, 0.6) is 0 Å². The molecule has 2 fully saturated rings. The van der Waals surface area contributed by atoms with E-state index in [0.717, 1.165) is 29.9 Å². The van der Waals surface area contributed by atoms with Crippen molar-refractivity contribution in [1.29, 1.82) is 0 Å². The molecule has 6 nitrogen and oxygen atoms in total. The number of carbonyl (C=O) groups is 3. The van der Waals surface area contributed by atoms with Crippen molar-refractivity contribution in [2.45, 2.75) is 31.6 Å². The molecule has 0 spiro atoms. The van der Waals surface area contributed by atoms with Crippen molar-refractivity contribution >= 4 is 45.0 Å². The van der Waals surface area contributed by atoms with E-state index in [-0.39, 0.29) is 36.5 Å². The Kier molecular flexibility index (Phi) is 4.83. The summed E-state index contributed by atoms with van der Waals surface area (Å²) in [4.78, 5) is 44.8. The van der Waals surface area contributed by atoms with Gasteiger partial charge in [-0.15, -0.1) is 11.3 Å². The molecule has 152 valence electrons. The summed E-state index contributed by atoms with van der Waals surface area (Å²) >= 11 is 1.71. The molecule has 1 atom stereocenters. The number of thiazole rings is 1. The van der Waals surface area contributed by atoms with Crippen LogP contribution < -0.4 is 4.90 Å². The van der Waals surface area contributed by atoms with Crippen molar-refractivity contribution in [2.24, 2.45) is 0 Å². The van der Waals surface area contributed by atoms with E-state index in [9.17, 15) is 14.4 Å². The second-order valence-electron chi connectivity index (χ2n) is 7.78. The molecule has 2 aromatic carbocycles. The van der Waals surface area contributed by atoms with Crippen LogP contribution in [0.15, 0.2) is 48.5 Å². The highest BCUT2D eigenvalue weighted by atomic mass is 32.1. The van der Waals surface area contributed by atoms with E-state index in [1.165, 1.54) is 9.60 Å². The van der Waals surface area contributed by atoms with Gasteiger partial charge >= 0.3 is 0 Å². The molecule has 0 radical (unpaired) electrons. The summed E-state index contributed by atoms with van der Waals surface area (Å²) in [6.07, 6.45) is 2.48. The molecule has 0 aliphatic carbocycles. The highest BCUT2D eigenvalue weighted by molar-refractivity contribution is 7.18. The van der Waals surface area contributed by atoms with Crippen LogP contribution in [-0.4, -0.2) is 40.7 Å². The maximum Gasteiger partial charge on any atom is 0.253 e. The van der Waals surface area contributed by atoms with Crippen LogP contribution >= 0.6 is 11.3 Å². The fourth-order valence-corrected chi connectivity index (χ4v) is 5.32. The van der Waals surface area contributed by atoms with E-state index in [1.54, 1.807) is 35.6 Å². The second kappa shape index (κ2) is 7.65. The number of carbonyl (C=O) groups excluding carboxylic acids is 3. The summed E-state index contributed by atoms with van der Waals surface area (Å²) in [5.41, 5.74) is 2.12. The number of imide groups is 1. The number of aromatic nitrogens is 1. The van der Waals surface area contributed by atoms with Crippen LogP contribution in [0.1, 0.15) is 47.0 Å². The van der Waals surface area contributed by atoms with Gasteiger partial charge in [0.15, 0.2) is 0 Å². The van der Waals surface area contributed by atoms with Crippen molar-refractivity contribution in [3.63, 3.8) is 0 Å². The number of anilines is 1. The molecule has 3 amide bonds. The summed E-state index contributed by atoms with van der Waals surface area (Å²) in [5.74, 6) is -0.145. The smallest absolute Gasteiger partial charge is 0.253 e. The minimum absolute atomic E-state index is 0.0218. The van der Waals surface area contributed by atoms with Gasteiger partial charge in [-0.3, -0.25) is 19.3 Å². The van der Waals surface area contributed by atoms with E-state index in [2.05, 4.69) is 6.07 Å². The third kappa shape index (κ3) is 3.39. The van der Waals surface area contributed by atoms with E-state index in [4.69, 9.17) is 4.98 Å². The molecule has 3 aromatic rings. The van der Waals surface area contributed by atoms with E-state index >= 15 is 0 Å². The molecule has 5 rings (SSSR count). The molecule has 2 aliphatic heterocycles. The molecular weight excluding hydrogens is 398 g/mol. The highest BCUT2D eigenvalue weighted by Crippen LogP contribution is 2.33. The Morgan fingerprint density at radius 2 is 1.73 bits per heavy atom. The predicted molar refractivity (Wildman–Crippen MR) is 116 cm³/mol. The van der Waals surface area contributed by atoms with Crippen LogP contribution in [0, 0.1) is 0 Å². The molecule has 3 heterocycles. The lowest BCUT2D eigenvalue weighted by Gasteiger charge is -2.32. The van der Waals surface area contributed by atoms with Crippen molar-refractivity contribution in [2.75, 3.05) is 18.0 Å². The largest absolute Gasteiger partial charge is 0.338 e. The van der Waals surface area contributed by atoms with Crippen molar-refractivity contribution in [3.8, 4) is 0 Å². The number of para-hydroxylation sites is 1. The zero-order valence-corrected chi connectivity index (χ0v) is 17.2. The lowest BCUT2D eigenvalue weighted by atomic mass is 9.98. The van der Waals surface area contributed by atoms with Crippen LogP contribution in [0.3, 0.4) is 0 Å². The van der Waals surface area contributed by atoms with Gasteiger partial charge in [-0.05, 0) is 49.2 Å². The van der Waals surface area contributed by atoms with Gasteiger partial charge in [0.25, 0.3) is 5.91 Å². The lowest BCUT2D eigenvalue weighted by molar-refractivity contribution is -0.121. The number of hydrogen-bond acceptors (Lipinski definition) is 5. The molecule has 0 bridgehead atoms. The first-order chi connectivity index (χ1) is 14.6. The number of fused-ring (bicyclic) bond motifs is 1. The number of nitrogens with zero attached hydrogens (tertiary/aromatic N) is 3. The zero-order valence-electron chi connectivity index (χ0n) is 16.4. The Bertz CT molecular complexity index is 1090. The first-order valence-corrected chi connectivity index (χ1v) is 11.0. The number of benzene rings is 2. The fraction of sp³-hybridized carbons (Fsp3) is 0.304. The number of piperidine rings is 1. The number of likely N-dealkylation sites (tertiary alicyclic amines) is 1. The van der Waals surface area contributed by atoms with E-state index in [0.29, 0.717) is 17.8 Å². The lowest BCUT2D eigenvalue weighted by Crippen LogP contribution is -2.39. The van der Waals surface area contributed by atoms with E-state index < -0.39 is 0 Å². The van der Waals surface area contributed by atoms with Gasteiger partial charge in [0.05, 0.1) is 20.9 Å². The quantitative estimate of drug-likeness (QED) is 0.603. The maximum atomic E-state index is 13.1. The fourth-order valence-electron chi connectivity index (χ4n) is 4.23. The SMILES string of the molecule is O=C(c1ccc(N2C(=O)CCC2=O)cc1)N1CCC[C@H](c2nc3ccccc3s2)C1. The normalized spacial score (nSPS) is 19.7. The van der Waals surface area contributed by atoms with Crippen LogP contribution in [0.2, 0.25) is 0 Å². The van der Waals surface area contributed by atoms with Crippen molar-refractivity contribution < 1.29 is 14.4 Å². The summed E-state index contributed by atoms with van der Waals surface area (Å²) in [7, 11) is 0. The third-order valence-corrected chi connectivity index (χ3v) is 6.99. The van der Waals surface area contributed by atoms with Crippen molar-refractivity contribution in [1.82, 2.24) is 9.88 Å². The summed E-state index contributed by atoms with van der Waals surface area (Å²) in [6, 6.07) is 14.9. The van der Waals surface area contributed by atoms with Crippen LogP contribution in [0.25, 0.3) is 10.2 Å². The number of amides is 3. The predicted octanol–water partition coefficient (Wildman–Crippen LogP) is 3.97. The van der Waals surface area contributed by atoms with Gasteiger partial charge in [0.1, 0.15) is 0 Å². The monoisotopic (exact) mass is 419 g/mol. The molecule has 0 N–H and O–H groups in total. The Balaban J connectivity index is 1.32. The number of rotatable bonds is 3. The topological polar surface area (TPSA) is 70.6 Å². The Labute approximate surface area is 178 Å². The molecule has 1 aromatic heterocycles. The first kappa shape index (κ1) is 18.9. The van der Waals surface area contributed by atoms with Gasteiger partial charge in [0, 0.05) is 37.4 Å². The minimum atomic E-state index is -0.186. The summed E-state index contributed by atoms with van der Waals surface area (Å²) < 4.78 is 1.18. The van der Waals surface area contributed by atoms with Crippen molar-refractivity contribution in [3.05, 3.63) is 59.1 Å². The van der Waals surface area contributed by atoms with Gasteiger partial charge in [0.2, 0.25) is 11.8 Å². The molecule has 2 saturated heterocycles. The molecule has 0 saturated carbocycles. The number of hydrogen-bond donors (Lipinski definition) is 0. The molecular formula is C23H21N3O3S. The third-order valence-electron chi connectivity index (χ3n) is 5.79. The molecule has 0 unspecified atom stereocenters. The Hall–Kier alpha value is -3.06. The molecule has 2 aliphatic rings. The van der Waals surface area contributed by atoms with E-state index in [1.807, 2.05) is 23.1 Å². The minimum Gasteiger partial charge on any atom is -0.338 e. The maximum absolute atomic E-state index is 13.1. The molecule has 30 heavy (non-hydrogen) atoms. The molecule has 7 heteroatoms. The second-order valence-corrected chi connectivity index (χ2v) is 8.84. The Morgan fingerprint density at radius 3 is 2.47 bits per heavy atom.